The molecule has 0 spiro atoms. The highest BCUT2D eigenvalue weighted by molar-refractivity contribution is 14.1. The number of aromatic nitrogens is 3. The van der Waals surface area contributed by atoms with E-state index in [-0.39, 0.29) is 85.3 Å². The van der Waals surface area contributed by atoms with Gasteiger partial charge in [0.25, 0.3) is 0 Å². The van der Waals surface area contributed by atoms with Crippen LogP contribution in [-0.2, 0) is 99.1 Å². The molecule has 4 saturated heterocycles. The van der Waals surface area contributed by atoms with Crippen LogP contribution in [0.4, 0.5) is 4.79 Å². The number of benzene rings is 1. The number of likely N-dealkylation sites (N-methyl/N-ethyl adjacent to an activating group) is 1. The number of primary amides is 1. The SMILES string of the molecule is C.CCN(C(C)=O)C1COC(OC2C(O[C@H]3C#C/C=C\C#C[C@]4(O)CC(=O)C(NC(=O)OC)=C3/C4=C\CSSC(C)(C)CC(=O)NNC(=O)[C@H](C)CC(=O)[C@H](CC(N)=O)NC(=O)CCCn3nnc(CSC)c3CSC)OC(C)C(NOC3CC(O)C(SC(=O)c4c(C)c(I)c(OC5OC(C)C(O)C(OC)C5O)c(OC)c4OC)C(C)O3)C2O)CC1OC. The largest absolute Gasteiger partial charge is 0.492 e. The number of hydrazine groups is 1. The third kappa shape index (κ3) is 26.9. The topological polar surface area (TPSA) is 495 Å². The van der Waals surface area contributed by atoms with E-state index in [1.807, 2.05) is 35.1 Å². The van der Waals surface area contributed by atoms with E-state index in [9.17, 15) is 68.7 Å². The van der Waals surface area contributed by atoms with E-state index >= 15 is 0 Å². The van der Waals surface area contributed by atoms with Gasteiger partial charge in [-0.15, -0.1) is 5.10 Å². The molecule has 1 aromatic heterocycles. The van der Waals surface area contributed by atoms with Gasteiger partial charge in [0.05, 0.1) is 121 Å². The lowest BCUT2D eigenvalue weighted by atomic mass is 9.75. The van der Waals surface area contributed by atoms with Gasteiger partial charge in [-0.05, 0) is 108 Å². The molecule has 684 valence electrons. The van der Waals surface area contributed by atoms with Crippen LogP contribution >= 0.6 is 79.5 Å². The number of hydrogen-bond donors (Lipinski definition) is 11. The number of hydrogen-bond acceptors (Lipinski definition) is 35. The Bertz CT molecular complexity index is 4280. The smallest absolute Gasteiger partial charge is 0.411 e. The summed E-state index contributed by atoms with van der Waals surface area (Å²) in [6.07, 6.45) is -13.5. The summed E-state index contributed by atoms with van der Waals surface area (Å²) in [4.78, 5) is 129. The number of nitrogens with zero attached hydrogens (tertiary/aromatic N) is 4. The Morgan fingerprint density at radius 3 is 2.20 bits per heavy atom. The van der Waals surface area contributed by atoms with Crippen LogP contribution in [-0.4, -0.2) is 291 Å². The fourth-order valence-corrected chi connectivity index (χ4v) is 19.8. The number of aryl methyl sites for hydroxylation is 1. The van der Waals surface area contributed by atoms with Gasteiger partial charge in [0, 0.05) is 105 Å². The molecule has 1 aromatic carbocycles. The number of ether oxygens (including phenoxy) is 12. The third-order valence-electron chi connectivity index (χ3n) is 20.8. The van der Waals surface area contributed by atoms with Crippen LogP contribution in [0.1, 0.15) is 141 Å². The minimum Gasteiger partial charge on any atom is -0.492 e. The number of ketones is 2. The number of aliphatic hydroxyl groups excluding tert-OH is 4. The number of fused-ring (bicyclic) bond motifs is 2. The van der Waals surface area contributed by atoms with E-state index in [0.717, 1.165) is 30.3 Å². The Morgan fingerprint density at radius 1 is 0.862 bits per heavy atom. The lowest BCUT2D eigenvalue weighted by molar-refractivity contribution is -0.337. The van der Waals surface area contributed by atoms with Crippen LogP contribution in [0.15, 0.2) is 35.1 Å². The molecule has 17 unspecified atom stereocenters. The number of halogens is 1. The first-order valence-electron chi connectivity index (χ1n) is 39.2. The number of nitrogens with one attached hydrogen (secondary N) is 5. The van der Waals surface area contributed by atoms with Crippen molar-refractivity contribution in [1.29, 1.82) is 0 Å². The summed E-state index contributed by atoms with van der Waals surface area (Å²) in [5, 5.41) is 71.4. The van der Waals surface area contributed by atoms with E-state index in [4.69, 9.17) is 67.4 Å². The van der Waals surface area contributed by atoms with Crippen LogP contribution < -0.4 is 46.9 Å². The number of thioether (sulfide) groups is 3. The number of Topliss-reactive ketones (excluding diaryl/α,β-unsaturated/α-hetero) is 2. The van der Waals surface area contributed by atoms with Crippen molar-refractivity contribution in [1.82, 2.24) is 46.9 Å². The van der Waals surface area contributed by atoms with Crippen LogP contribution in [0.5, 0.6) is 17.2 Å². The van der Waals surface area contributed by atoms with Crippen molar-refractivity contribution in [3.63, 3.8) is 0 Å². The highest BCUT2D eigenvalue weighted by Gasteiger charge is 2.53. The van der Waals surface area contributed by atoms with E-state index in [1.54, 1.807) is 87.6 Å². The zero-order chi connectivity index (χ0) is 89.8. The normalized spacial score (nSPS) is 28.6. The predicted molar refractivity (Wildman–Crippen MR) is 465 cm³/mol. The summed E-state index contributed by atoms with van der Waals surface area (Å²) in [5.74, 6) is 7.32. The third-order valence-corrected chi connectivity index (χ3v) is 27.8. The van der Waals surface area contributed by atoms with Gasteiger partial charge in [0.1, 0.15) is 36.6 Å². The first-order valence-corrected chi connectivity index (χ1v) is 46.3. The number of amides is 6. The Kier molecular flexibility index (Phi) is 40.6. The van der Waals surface area contributed by atoms with Gasteiger partial charge in [0.15, 0.2) is 47.5 Å². The molecule has 5 heterocycles. The summed E-state index contributed by atoms with van der Waals surface area (Å²) >= 11 is 5.98. The van der Waals surface area contributed by atoms with Crippen LogP contribution in [0.3, 0.4) is 0 Å². The van der Waals surface area contributed by atoms with Gasteiger partial charge >= 0.3 is 6.09 Å². The number of nitrogens with two attached hydrogens (primary N) is 1. The van der Waals surface area contributed by atoms with Crippen molar-refractivity contribution in [3.8, 4) is 40.9 Å². The van der Waals surface area contributed by atoms with E-state index < -0.39 is 203 Å². The van der Waals surface area contributed by atoms with Crippen molar-refractivity contribution in [3.05, 3.63) is 61.2 Å². The molecule has 6 aliphatic rings. The molecular formula is C80H115IN10O27S5. The summed E-state index contributed by atoms with van der Waals surface area (Å²) in [7, 11) is 8.98. The van der Waals surface area contributed by atoms with Crippen LogP contribution in [0.2, 0.25) is 0 Å². The summed E-state index contributed by atoms with van der Waals surface area (Å²) in [6, 6.07) is -3.12. The fraction of sp³-hybridized carbons (Fsp3) is 0.662. The first kappa shape index (κ1) is 104. The molecule has 2 aromatic rings. The Balaban J connectivity index is 0.0000208. The molecule has 12 N–H and O–H groups in total. The summed E-state index contributed by atoms with van der Waals surface area (Å²) in [6.45, 7) is 15.2. The number of hydroxylamine groups is 1. The maximum Gasteiger partial charge on any atom is 0.411 e. The highest BCUT2D eigenvalue weighted by Crippen LogP contribution is 2.50. The molecule has 37 nitrogen and oxygen atoms in total. The van der Waals surface area contributed by atoms with E-state index in [1.165, 1.54) is 76.0 Å². The van der Waals surface area contributed by atoms with Gasteiger partial charge in [0.2, 0.25) is 46.7 Å². The average Bonchev–Trinajstić information content (AvgIpc) is 1.11. The van der Waals surface area contributed by atoms with Crippen molar-refractivity contribution in [2.75, 3.05) is 67.0 Å². The quantitative estimate of drug-likeness (QED) is 0.0149. The second-order valence-electron chi connectivity index (χ2n) is 30.1. The summed E-state index contributed by atoms with van der Waals surface area (Å²) in [5.41, 5.74) is 12.4. The van der Waals surface area contributed by atoms with Gasteiger partial charge in [-0.3, -0.25) is 59.4 Å². The van der Waals surface area contributed by atoms with E-state index in [2.05, 4.69) is 61.0 Å². The molecule has 43 heteroatoms. The second kappa shape index (κ2) is 48.1. The average molecular weight is 1940 g/mol. The van der Waals surface area contributed by atoms with Crippen molar-refractivity contribution in [2.45, 2.75) is 265 Å². The van der Waals surface area contributed by atoms with Crippen molar-refractivity contribution < 1.29 is 130 Å². The standard InChI is InChI=1S/C79H111IN10O27S5.CH4/c1-17-89(43(7)91)47-35-110-57(32-53(47)105-10)115-70-65(99)62(87-117-58-31-50(93)72(42(6)111-58)121-74(102)59-39(3)61(80)68(71(108-13)67(59)106-11)116-75-66(100)69(107-12)64(98)41(5)113-75)40(4)112-76(70)114-52-23-20-18-19-21-26-79(104)33-51(94)63(83-77(103)109-14)60(52)44(79)25-28-120-122-78(8,9)34-56(97)85-86-73(101)38(2)29-49(92)45(30-54(81)95)82-55(96)24-22-27-90-48(37-119-16)46(36-118-15)84-88-90;/h18-19,25,38,40-42,45,47,50,52-53,57-58,62,64-66,69-70,72,75-76,87,93,98-100,104H,17,22,24,27-37H2,1-16H3,(H2,81,95)(H,82,96)(H,83,103)(H,85,97)(H,86,101);1H4/b19-18-,44-25+;/t38-,40?,41?,42?,45+,47?,50?,52+,53?,57?,58?,62?,64?,65?,66?,69?,70?,72?,75?,76?,79+;/m1./s1. The van der Waals surface area contributed by atoms with Crippen LogP contribution in [0.25, 0.3) is 0 Å². The predicted octanol–water partition coefficient (Wildman–Crippen LogP) is 3.88. The summed E-state index contributed by atoms with van der Waals surface area (Å²) < 4.78 is 74.1. The Hall–Kier alpha value is -6.39. The lowest BCUT2D eigenvalue weighted by Gasteiger charge is -2.47. The van der Waals surface area contributed by atoms with Gasteiger partial charge < -0.3 is 98.3 Å². The van der Waals surface area contributed by atoms with Gasteiger partial charge in [-0.1, -0.05) is 82.7 Å². The zero-order valence-electron chi connectivity index (χ0n) is 70.7. The number of carbonyl (C=O) groups excluding carboxylic acids is 9. The molecule has 0 saturated carbocycles. The maximum atomic E-state index is 14.6. The molecular weight excluding hydrogens is 1820 g/mol. The minimum atomic E-state index is -2.30. The van der Waals surface area contributed by atoms with E-state index in [0.29, 0.717) is 40.1 Å². The molecule has 0 radical (unpaired) electrons. The molecule has 2 bridgehead atoms. The Morgan fingerprint density at radius 2 is 1.56 bits per heavy atom. The van der Waals surface area contributed by atoms with Gasteiger partial charge in [-0.2, -0.15) is 29.0 Å². The second-order valence-corrected chi connectivity index (χ2v) is 37.1. The van der Waals surface area contributed by atoms with Crippen molar-refractivity contribution in [2.24, 2.45) is 11.7 Å². The number of alkyl carbamates (subject to hydrolysis) is 1. The van der Waals surface area contributed by atoms with Gasteiger partial charge in [-0.25, -0.2) is 9.48 Å². The molecule has 4 fully saturated rings. The maximum absolute atomic E-state index is 14.6. The molecule has 8 rings (SSSR count). The number of aliphatic hydroxyl groups is 5. The first-order chi connectivity index (χ1) is 57.9. The molecule has 4 aliphatic heterocycles. The molecule has 123 heavy (non-hydrogen) atoms. The fourth-order valence-electron chi connectivity index (χ4n) is 14.6. The molecule has 2 aliphatic carbocycles. The Labute approximate surface area is 749 Å². The molecule has 6 amide bonds. The number of carbonyl (C=O) groups is 9. The highest BCUT2D eigenvalue weighted by atomic mass is 127. The number of methoxy groups -OCH3 is 5. The minimum absolute atomic E-state index is 0. The van der Waals surface area contributed by atoms with Crippen molar-refractivity contribution >= 4 is 132 Å². The number of allylic oxidation sites excluding steroid dienone is 3. The number of rotatable bonds is 39. The zero-order valence-corrected chi connectivity index (χ0v) is 76.9. The lowest BCUT2D eigenvalue weighted by Crippen LogP contribution is -2.65. The monoisotopic (exact) mass is 1930 g/mol. The van der Waals surface area contributed by atoms with Crippen LogP contribution in [0, 0.1) is 40.1 Å². The molecule has 21 atom stereocenters.